The van der Waals surface area contributed by atoms with E-state index in [0.717, 1.165) is 42.5 Å². The van der Waals surface area contributed by atoms with Crippen molar-refractivity contribution >= 4 is 40.4 Å². The molecule has 3 amide bonds. The highest BCUT2D eigenvalue weighted by atomic mass is 35.5. The molecule has 2 aliphatic heterocycles. The zero-order chi connectivity index (χ0) is 26.4. The minimum Gasteiger partial charge on any atom is -0.381 e. The topological polar surface area (TPSA) is 106 Å². The summed E-state index contributed by atoms with van der Waals surface area (Å²) in [5.74, 6) is 0.619. The summed E-state index contributed by atoms with van der Waals surface area (Å²) in [6.45, 7) is 4.57. The van der Waals surface area contributed by atoms with Gasteiger partial charge in [-0.15, -0.1) is 0 Å². The summed E-state index contributed by atoms with van der Waals surface area (Å²) in [4.78, 5) is 45.4. The van der Waals surface area contributed by atoms with E-state index in [4.69, 9.17) is 16.3 Å². The first kappa shape index (κ1) is 27.4. The number of imidazole rings is 1. The molecule has 9 nitrogen and oxygen atoms in total. The molecule has 3 heterocycles. The predicted molar refractivity (Wildman–Crippen MR) is 142 cm³/mol. The molecule has 2 saturated heterocycles. The molecular weight excluding hydrogens is 494 g/mol. The van der Waals surface area contributed by atoms with E-state index >= 15 is 0 Å². The van der Waals surface area contributed by atoms with Crippen molar-refractivity contribution in [1.82, 2.24) is 25.1 Å². The fraction of sp³-hybridized carbons (Fsp3) is 0.630. The number of amides is 3. The van der Waals surface area contributed by atoms with Gasteiger partial charge in [0, 0.05) is 52.7 Å². The number of nitrogens with zero attached hydrogens (tertiary/aromatic N) is 3. The number of hydrogen-bond donors (Lipinski definition) is 2. The summed E-state index contributed by atoms with van der Waals surface area (Å²) in [6.07, 6.45) is 5.28. The highest BCUT2D eigenvalue weighted by Gasteiger charge is 2.42. The van der Waals surface area contributed by atoms with Gasteiger partial charge >= 0.3 is 0 Å². The number of fused-ring (bicyclic) bond motifs is 1. The van der Waals surface area contributed by atoms with Crippen molar-refractivity contribution in [3.63, 3.8) is 0 Å². The fourth-order valence-electron chi connectivity index (χ4n) is 5.37. The second-order valence-corrected chi connectivity index (χ2v) is 10.7. The third-order valence-electron chi connectivity index (χ3n) is 7.75. The lowest BCUT2D eigenvalue weighted by Gasteiger charge is -2.41. The Morgan fingerprint density at radius 2 is 1.92 bits per heavy atom. The average Bonchev–Trinajstić information content (AvgIpc) is 3.22. The van der Waals surface area contributed by atoms with E-state index in [1.165, 1.54) is 0 Å². The molecule has 0 aliphatic carbocycles. The molecule has 2 fully saturated rings. The van der Waals surface area contributed by atoms with Crippen LogP contribution in [0.3, 0.4) is 0 Å². The van der Waals surface area contributed by atoms with Gasteiger partial charge in [-0.1, -0.05) is 24.1 Å². The molecule has 1 aromatic carbocycles. The fourth-order valence-corrected chi connectivity index (χ4v) is 5.66. The van der Waals surface area contributed by atoms with Gasteiger partial charge in [0.25, 0.3) is 0 Å². The molecule has 0 bridgehead atoms. The maximum Gasteiger partial charge on any atom is 0.242 e. The van der Waals surface area contributed by atoms with Crippen molar-refractivity contribution in [3.8, 4) is 0 Å². The van der Waals surface area contributed by atoms with Crippen molar-refractivity contribution in [1.29, 1.82) is 0 Å². The van der Waals surface area contributed by atoms with Crippen LogP contribution in [0.15, 0.2) is 18.2 Å². The molecule has 10 heteroatoms. The van der Waals surface area contributed by atoms with Gasteiger partial charge in [0.1, 0.15) is 11.9 Å². The number of carbonyl (C=O) groups excluding carboxylic acids is 3. The van der Waals surface area contributed by atoms with Crippen LogP contribution in [0.1, 0.15) is 57.7 Å². The Bertz CT molecular complexity index is 1130. The summed E-state index contributed by atoms with van der Waals surface area (Å²) >= 11 is 6.34. The van der Waals surface area contributed by atoms with Crippen molar-refractivity contribution in [2.24, 2.45) is 12.5 Å². The molecule has 37 heavy (non-hydrogen) atoms. The van der Waals surface area contributed by atoms with E-state index in [-0.39, 0.29) is 17.7 Å². The number of ether oxygens (including phenoxy) is 1. The highest BCUT2D eigenvalue weighted by Crippen LogP contribution is 2.37. The lowest BCUT2D eigenvalue weighted by molar-refractivity contribution is -0.142. The number of aromatic nitrogens is 2. The Balaban J connectivity index is 1.37. The summed E-state index contributed by atoms with van der Waals surface area (Å²) in [5, 5.41) is 6.46. The van der Waals surface area contributed by atoms with Gasteiger partial charge in [-0.2, -0.15) is 0 Å². The lowest BCUT2D eigenvalue weighted by Crippen LogP contribution is -2.54. The van der Waals surface area contributed by atoms with Crippen molar-refractivity contribution in [2.75, 3.05) is 32.8 Å². The quantitative estimate of drug-likeness (QED) is 0.633. The summed E-state index contributed by atoms with van der Waals surface area (Å²) in [6, 6.07) is 5.03. The monoisotopic (exact) mass is 531 g/mol. The van der Waals surface area contributed by atoms with E-state index in [9.17, 15) is 14.4 Å². The minimum absolute atomic E-state index is 0.0652. The molecule has 4 rings (SSSR count). The van der Waals surface area contributed by atoms with Gasteiger partial charge in [0.05, 0.1) is 21.5 Å². The molecule has 1 aromatic heterocycles. The Morgan fingerprint density at radius 3 is 2.68 bits per heavy atom. The number of para-hydroxylation sites is 1. The van der Waals surface area contributed by atoms with Gasteiger partial charge in [-0.05, 0) is 51.2 Å². The molecule has 0 unspecified atom stereocenters. The van der Waals surface area contributed by atoms with Crippen LogP contribution in [0, 0.1) is 5.41 Å². The maximum absolute atomic E-state index is 13.4. The second-order valence-electron chi connectivity index (χ2n) is 10.3. The van der Waals surface area contributed by atoms with E-state index < -0.39 is 11.5 Å². The summed E-state index contributed by atoms with van der Waals surface area (Å²) in [5.41, 5.74) is 1.12. The minimum atomic E-state index is -0.602. The first-order chi connectivity index (χ1) is 17.8. The highest BCUT2D eigenvalue weighted by molar-refractivity contribution is 6.35. The van der Waals surface area contributed by atoms with E-state index in [1.807, 2.05) is 34.7 Å². The molecule has 1 atom stereocenters. The first-order valence-corrected chi connectivity index (χ1v) is 13.7. The Labute approximate surface area is 223 Å². The number of hydrogen-bond acceptors (Lipinski definition) is 5. The average molecular weight is 532 g/mol. The first-order valence-electron chi connectivity index (χ1n) is 13.3. The maximum atomic E-state index is 13.4. The van der Waals surface area contributed by atoms with Gasteiger partial charge < -0.3 is 24.8 Å². The SMILES string of the molecule is C[C@@H]1NC(=O)C2(CCCCOCCCNC1=O)CCN(C(=O)CCc1nc3cccc(Cl)c3n1C)CC2. The number of rotatable bonds is 3. The summed E-state index contributed by atoms with van der Waals surface area (Å²) < 4.78 is 7.63. The van der Waals surface area contributed by atoms with Gasteiger partial charge in [0.2, 0.25) is 17.7 Å². The van der Waals surface area contributed by atoms with Crippen molar-refractivity contribution < 1.29 is 19.1 Å². The van der Waals surface area contributed by atoms with Gasteiger partial charge in [-0.25, -0.2) is 4.98 Å². The number of piperidine rings is 1. The Morgan fingerprint density at radius 1 is 1.16 bits per heavy atom. The van der Waals surface area contributed by atoms with Crippen LogP contribution in [0.25, 0.3) is 11.0 Å². The third kappa shape index (κ3) is 6.44. The summed E-state index contributed by atoms with van der Waals surface area (Å²) in [7, 11) is 1.92. The van der Waals surface area contributed by atoms with Crippen molar-refractivity contribution in [2.45, 2.75) is 64.3 Å². The van der Waals surface area contributed by atoms with Crippen LogP contribution in [0.2, 0.25) is 5.02 Å². The zero-order valence-corrected chi connectivity index (χ0v) is 22.6. The van der Waals surface area contributed by atoms with Crippen LogP contribution in [0.4, 0.5) is 0 Å². The number of nitrogens with one attached hydrogen (secondary N) is 2. The van der Waals surface area contributed by atoms with E-state index in [1.54, 1.807) is 6.92 Å². The molecule has 0 radical (unpaired) electrons. The van der Waals surface area contributed by atoms with Crippen LogP contribution >= 0.6 is 11.6 Å². The molecule has 0 saturated carbocycles. The molecule has 2 N–H and O–H groups in total. The van der Waals surface area contributed by atoms with Gasteiger partial charge in [0.15, 0.2) is 0 Å². The smallest absolute Gasteiger partial charge is 0.242 e. The number of likely N-dealkylation sites (tertiary alicyclic amines) is 1. The molecule has 202 valence electrons. The van der Waals surface area contributed by atoms with E-state index in [2.05, 4.69) is 15.6 Å². The van der Waals surface area contributed by atoms with Crippen molar-refractivity contribution in [3.05, 3.63) is 29.0 Å². The normalized spacial score (nSPS) is 21.9. The molecule has 2 aromatic rings. The van der Waals surface area contributed by atoms with Gasteiger partial charge in [-0.3, -0.25) is 14.4 Å². The number of halogens is 1. The van der Waals surface area contributed by atoms with E-state index in [0.29, 0.717) is 63.6 Å². The number of carbonyl (C=O) groups is 3. The second kappa shape index (κ2) is 12.3. The standard InChI is InChI=1S/C27H38ClN5O4/c1-19-25(35)29-14-6-18-37-17-4-3-11-27(26(36)30-19)12-15-33(16-13-27)23(34)10-9-22-31-21-8-5-7-20(28)24(21)32(22)2/h5,7-8,19H,3-4,6,9-18H2,1-2H3,(H,29,35)(H,30,36)/t19-/m0/s1. The zero-order valence-electron chi connectivity index (χ0n) is 21.9. The van der Waals surface area contributed by atoms with Crippen LogP contribution in [0.5, 0.6) is 0 Å². The number of benzene rings is 1. The third-order valence-corrected chi connectivity index (χ3v) is 8.06. The Kier molecular flexibility index (Phi) is 9.08. The molecule has 2 aliphatic rings. The van der Waals surface area contributed by atoms with Crippen LogP contribution < -0.4 is 10.6 Å². The molecular formula is C27H38ClN5O4. The molecule has 1 spiro atoms. The van der Waals surface area contributed by atoms with Crippen LogP contribution in [-0.2, 0) is 32.6 Å². The largest absolute Gasteiger partial charge is 0.381 e. The Hall–Kier alpha value is -2.65. The predicted octanol–water partition coefficient (Wildman–Crippen LogP) is 2.98. The van der Waals surface area contributed by atoms with Crippen LogP contribution in [-0.4, -0.2) is 71.1 Å². The number of aryl methyl sites for hydroxylation is 2. The lowest BCUT2D eigenvalue weighted by atomic mass is 9.73.